The highest BCUT2D eigenvalue weighted by Gasteiger charge is 2.15. The number of rotatable bonds is 5. The Morgan fingerprint density at radius 2 is 1.67 bits per heavy atom. The molecule has 0 unspecified atom stereocenters. The Labute approximate surface area is 159 Å². The standard InChI is InChI=1S/C17H15N5O4S/c18-17(27)21-20-16(24)14(19-15(23)12-4-2-1-3-5-12)10-11-6-8-13(9-7-11)22(25)26/h1-10H,(H,19,23)(H,20,24)(H3,18,21,27)/b14-10-. The van der Waals surface area contributed by atoms with Gasteiger partial charge in [0.05, 0.1) is 4.92 Å². The summed E-state index contributed by atoms with van der Waals surface area (Å²) in [5.41, 5.74) is 10.4. The van der Waals surface area contributed by atoms with E-state index in [1.807, 2.05) is 0 Å². The number of carbonyl (C=O) groups is 2. The van der Waals surface area contributed by atoms with Crippen molar-refractivity contribution in [3.8, 4) is 0 Å². The van der Waals surface area contributed by atoms with Crippen LogP contribution >= 0.6 is 12.2 Å². The summed E-state index contributed by atoms with van der Waals surface area (Å²) < 4.78 is 0. The lowest BCUT2D eigenvalue weighted by atomic mass is 10.1. The number of nitrogens with two attached hydrogens (primary N) is 1. The van der Waals surface area contributed by atoms with E-state index in [9.17, 15) is 19.7 Å². The van der Waals surface area contributed by atoms with Crippen LogP contribution in [0.1, 0.15) is 15.9 Å². The highest BCUT2D eigenvalue weighted by atomic mass is 32.1. The van der Waals surface area contributed by atoms with Crippen LogP contribution in [-0.2, 0) is 4.79 Å². The molecule has 10 heteroatoms. The Morgan fingerprint density at radius 3 is 2.22 bits per heavy atom. The summed E-state index contributed by atoms with van der Waals surface area (Å²) in [4.78, 5) is 34.8. The average Bonchev–Trinajstić information content (AvgIpc) is 2.66. The second-order valence-electron chi connectivity index (χ2n) is 5.17. The maximum absolute atomic E-state index is 12.3. The Bertz CT molecular complexity index is 897. The topological polar surface area (TPSA) is 139 Å². The minimum Gasteiger partial charge on any atom is -0.375 e. The molecule has 5 N–H and O–H groups in total. The number of benzene rings is 2. The van der Waals surface area contributed by atoms with Gasteiger partial charge in [0, 0.05) is 17.7 Å². The maximum atomic E-state index is 12.3. The lowest BCUT2D eigenvalue weighted by Gasteiger charge is -2.11. The van der Waals surface area contributed by atoms with E-state index in [1.165, 1.54) is 30.3 Å². The van der Waals surface area contributed by atoms with Gasteiger partial charge in [0.25, 0.3) is 17.5 Å². The van der Waals surface area contributed by atoms with Gasteiger partial charge in [-0.2, -0.15) is 0 Å². The van der Waals surface area contributed by atoms with Crippen molar-refractivity contribution in [3.05, 3.63) is 81.5 Å². The molecule has 0 saturated carbocycles. The molecule has 2 rings (SSSR count). The summed E-state index contributed by atoms with van der Waals surface area (Å²) in [7, 11) is 0. The summed E-state index contributed by atoms with van der Waals surface area (Å²) in [6.45, 7) is 0. The van der Waals surface area contributed by atoms with Crippen LogP contribution in [0.2, 0.25) is 0 Å². The molecule has 2 amide bonds. The third-order valence-electron chi connectivity index (χ3n) is 3.24. The highest BCUT2D eigenvalue weighted by molar-refractivity contribution is 7.80. The first-order valence-electron chi connectivity index (χ1n) is 7.55. The van der Waals surface area contributed by atoms with Crippen molar-refractivity contribution in [3.63, 3.8) is 0 Å². The maximum Gasteiger partial charge on any atom is 0.286 e. The van der Waals surface area contributed by atoms with Crippen LogP contribution in [0, 0.1) is 10.1 Å². The van der Waals surface area contributed by atoms with Crippen LogP contribution < -0.4 is 21.9 Å². The lowest BCUT2D eigenvalue weighted by Crippen LogP contribution is -2.47. The Morgan fingerprint density at radius 1 is 1.04 bits per heavy atom. The van der Waals surface area contributed by atoms with Gasteiger partial charge in [-0.1, -0.05) is 18.2 Å². The Balaban J connectivity index is 2.27. The van der Waals surface area contributed by atoms with Gasteiger partial charge >= 0.3 is 0 Å². The molecule has 0 aliphatic carbocycles. The van der Waals surface area contributed by atoms with E-state index in [1.54, 1.807) is 30.3 Å². The number of non-ortho nitro benzene ring substituents is 1. The van der Waals surface area contributed by atoms with Gasteiger partial charge in [-0.25, -0.2) is 0 Å². The van der Waals surface area contributed by atoms with Gasteiger partial charge in [0.2, 0.25) is 0 Å². The van der Waals surface area contributed by atoms with Crippen LogP contribution in [0.15, 0.2) is 60.3 Å². The SMILES string of the molecule is NC(=S)NNC(=O)/C(=C/c1ccc([N+](=O)[O-])cc1)NC(=O)c1ccccc1. The molecule has 0 spiro atoms. The largest absolute Gasteiger partial charge is 0.375 e. The second-order valence-corrected chi connectivity index (χ2v) is 5.61. The molecule has 0 fully saturated rings. The molecule has 9 nitrogen and oxygen atoms in total. The third kappa shape index (κ3) is 5.90. The predicted molar refractivity (Wildman–Crippen MR) is 103 cm³/mol. The molecule has 2 aromatic carbocycles. The minimum atomic E-state index is -0.703. The van der Waals surface area contributed by atoms with Gasteiger partial charge in [0.15, 0.2) is 5.11 Å². The van der Waals surface area contributed by atoms with Gasteiger partial charge in [-0.3, -0.25) is 30.6 Å². The fourth-order valence-corrected chi connectivity index (χ4v) is 2.04. The van der Waals surface area contributed by atoms with Crippen LogP contribution in [0.5, 0.6) is 0 Å². The number of amides is 2. The molecule has 0 aliphatic heterocycles. The fraction of sp³-hybridized carbons (Fsp3) is 0. The molecule has 0 aromatic heterocycles. The van der Waals surface area contributed by atoms with E-state index in [0.717, 1.165) is 0 Å². The molecule has 0 atom stereocenters. The number of nitro benzene ring substituents is 1. The zero-order chi connectivity index (χ0) is 19.8. The number of nitrogens with zero attached hydrogens (tertiary/aromatic N) is 1. The first-order chi connectivity index (χ1) is 12.9. The van der Waals surface area contributed by atoms with E-state index in [0.29, 0.717) is 11.1 Å². The molecular weight excluding hydrogens is 370 g/mol. The van der Waals surface area contributed by atoms with Crippen molar-refractivity contribution in [1.82, 2.24) is 16.2 Å². The van der Waals surface area contributed by atoms with Crippen LogP contribution in [0.4, 0.5) is 5.69 Å². The molecular formula is C17H15N5O4S. The first-order valence-corrected chi connectivity index (χ1v) is 7.96. The van der Waals surface area contributed by atoms with Crippen LogP contribution in [-0.4, -0.2) is 21.9 Å². The van der Waals surface area contributed by atoms with Crippen molar-refractivity contribution in [2.45, 2.75) is 0 Å². The second kappa shape index (κ2) is 9.06. The molecule has 0 radical (unpaired) electrons. The van der Waals surface area contributed by atoms with E-state index in [-0.39, 0.29) is 16.5 Å². The van der Waals surface area contributed by atoms with Crippen molar-refractivity contribution in [2.75, 3.05) is 0 Å². The van der Waals surface area contributed by atoms with Crippen LogP contribution in [0.3, 0.4) is 0 Å². The normalized spacial score (nSPS) is 10.6. The molecule has 2 aromatic rings. The third-order valence-corrected chi connectivity index (χ3v) is 3.35. The zero-order valence-corrected chi connectivity index (χ0v) is 14.7. The molecule has 27 heavy (non-hydrogen) atoms. The predicted octanol–water partition coefficient (Wildman–Crippen LogP) is 1.23. The number of carbonyl (C=O) groups excluding carboxylic acids is 2. The Kier molecular flexibility index (Phi) is 6.55. The molecule has 0 bridgehead atoms. The van der Waals surface area contributed by atoms with Crippen molar-refractivity contribution in [1.29, 1.82) is 0 Å². The van der Waals surface area contributed by atoms with Gasteiger partial charge in [-0.15, -0.1) is 0 Å². The summed E-state index contributed by atoms with van der Waals surface area (Å²) in [6.07, 6.45) is 1.36. The van der Waals surface area contributed by atoms with Gasteiger partial charge in [0.1, 0.15) is 5.70 Å². The number of thiocarbonyl (C=S) groups is 1. The monoisotopic (exact) mass is 385 g/mol. The quantitative estimate of drug-likeness (QED) is 0.263. The van der Waals surface area contributed by atoms with Crippen LogP contribution in [0.25, 0.3) is 6.08 Å². The molecule has 0 heterocycles. The number of nitro groups is 1. The molecule has 0 saturated heterocycles. The van der Waals surface area contributed by atoms with E-state index in [2.05, 4.69) is 28.4 Å². The van der Waals surface area contributed by atoms with Crippen molar-refractivity contribution >= 4 is 40.9 Å². The minimum absolute atomic E-state index is 0.0957. The number of hydrazine groups is 1. The van der Waals surface area contributed by atoms with Crippen molar-refractivity contribution in [2.24, 2.45) is 5.73 Å². The van der Waals surface area contributed by atoms with Gasteiger partial charge < -0.3 is 11.1 Å². The van der Waals surface area contributed by atoms with E-state index < -0.39 is 16.7 Å². The lowest BCUT2D eigenvalue weighted by molar-refractivity contribution is -0.384. The number of hydrogen-bond donors (Lipinski definition) is 4. The smallest absolute Gasteiger partial charge is 0.286 e. The zero-order valence-electron chi connectivity index (χ0n) is 13.8. The molecule has 0 aliphatic rings. The summed E-state index contributed by atoms with van der Waals surface area (Å²) in [6, 6.07) is 13.8. The van der Waals surface area contributed by atoms with Gasteiger partial charge in [-0.05, 0) is 48.1 Å². The Hall–Kier alpha value is -3.79. The number of hydrogen-bond acceptors (Lipinski definition) is 5. The summed E-state index contributed by atoms with van der Waals surface area (Å²) in [5, 5.41) is 13.1. The molecule has 138 valence electrons. The highest BCUT2D eigenvalue weighted by Crippen LogP contribution is 2.14. The fourth-order valence-electron chi connectivity index (χ4n) is 1.99. The van der Waals surface area contributed by atoms with E-state index in [4.69, 9.17) is 5.73 Å². The average molecular weight is 385 g/mol. The summed E-state index contributed by atoms with van der Waals surface area (Å²) in [5.74, 6) is -1.21. The van der Waals surface area contributed by atoms with Crippen molar-refractivity contribution < 1.29 is 14.5 Å². The van der Waals surface area contributed by atoms with E-state index >= 15 is 0 Å². The number of nitrogens with one attached hydrogen (secondary N) is 3. The first kappa shape index (κ1) is 19.5. The summed E-state index contributed by atoms with van der Waals surface area (Å²) >= 11 is 4.61.